The van der Waals surface area contributed by atoms with E-state index in [2.05, 4.69) is 16.0 Å². The van der Waals surface area contributed by atoms with Crippen molar-refractivity contribution < 1.29 is 22.4 Å². The lowest BCUT2D eigenvalue weighted by molar-refractivity contribution is 0.102. The quantitative estimate of drug-likeness (QED) is 0.482. The van der Waals surface area contributed by atoms with Crippen LogP contribution in [0.15, 0.2) is 63.4 Å². The molecule has 0 atom stereocenters. The van der Waals surface area contributed by atoms with Crippen LogP contribution in [0.5, 0.6) is 0 Å². The Labute approximate surface area is 189 Å². The van der Waals surface area contributed by atoms with Crippen LogP contribution in [0, 0.1) is 0 Å². The maximum Gasteiger partial charge on any atom is 0.319 e. The van der Waals surface area contributed by atoms with E-state index in [1.807, 2.05) is 0 Å². The average Bonchev–Trinajstić information content (AvgIpc) is 3.56. The number of hydrogen-bond donors (Lipinski definition) is 3. The number of carbonyl (C=O) groups is 2. The number of urea groups is 1. The summed E-state index contributed by atoms with van der Waals surface area (Å²) in [5.74, 6) is 0.146. The van der Waals surface area contributed by atoms with Gasteiger partial charge in [-0.05, 0) is 60.7 Å². The number of sulfonamides is 1. The van der Waals surface area contributed by atoms with Crippen molar-refractivity contribution in [2.24, 2.45) is 0 Å². The summed E-state index contributed by atoms with van der Waals surface area (Å²) in [5, 5.41) is 9.68. The van der Waals surface area contributed by atoms with Crippen molar-refractivity contribution in [3.05, 3.63) is 64.7 Å². The maximum absolute atomic E-state index is 12.8. The SMILES string of the molecule is O=C(NCc1ccco1)Nc1ccc(NC(=O)c2sccc2S(=O)(=O)N2CCCC2)cc1. The topological polar surface area (TPSA) is 121 Å². The Balaban J connectivity index is 1.36. The van der Waals surface area contributed by atoms with Crippen LogP contribution in [0.4, 0.5) is 16.2 Å². The summed E-state index contributed by atoms with van der Waals surface area (Å²) in [6.07, 6.45) is 3.18. The number of carbonyl (C=O) groups excluding carboxylic acids is 2. The molecule has 4 rings (SSSR count). The molecule has 2 aromatic heterocycles. The molecule has 168 valence electrons. The number of nitrogens with zero attached hydrogens (tertiary/aromatic N) is 1. The van der Waals surface area contributed by atoms with E-state index in [4.69, 9.17) is 4.42 Å². The second-order valence-corrected chi connectivity index (χ2v) is 9.97. The predicted octanol–water partition coefficient (Wildman–Crippen LogP) is 3.70. The molecule has 3 aromatic rings. The fourth-order valence-electron chi connectivity index (χ4n) is 3.31. The first-order chi connectivity index (χ1) is 15.4. The first-order valence-electron chi connectivity index (χ1n) is 10.00. The number of anilines is 2. The molecule has 0 radical (unpaired) electrons. The van der Waals surface area contributed by atoms with Gasteiger partial charge in [-0.15, -0.1) is 11.3 Å². The molecule has 3 heterocycles. The predicted molar refractivity (Wildman–Crippen MR) is 121 cm³/mol. The number of furan rings is 1. The highest BCUT2D eigenvalue weighted by Crippen LogP contribution is 2.28. The number of nitrogens with one attached hydrogen (secondary N) is 3. The van der Waals surface area contributed by atoms with Gasteiger partial charge in [0.05, 0.1) is 12.8 Å². The molecule has 1 aliphatic heterocycles. The molecule has 1 fully saturated rings. The smallest absolute Gasteiger partial charge is 0.319 e. The number of thiophene rings is 1. The van der Waals surface area contributed by atoms with E-state index in [9.17, 15) is 18.0 Å². The highest BCUT2D eigenvalue weighted by atomic mass is 32.2. The minimum absolute atomic E-state index is 0.0356. The Bertz CT molecular complexity index is 1180. The molecular formula is C21H22N4O5S2. The van der Waals surface area contributed by atoms with Crippen molar-refractivity contribution in [2.75, 3.05) is 23.7 Å². The molecule has 3 N–H and O–H groups in total. The summed E-state index contributed by atoms with van der Waals surface area (Å²) in [7, 11) is -3.68. The molecule has 1 aliphatic rings. The summed E-state index contributed by atoms with van der Waals surface area (Å²) < 4.78 is 32.3. The van der Waals surface area contributed by atoms with Crippen molar-refractivity contribution in [1.29, 1.82) is 0 Å². The van der Waals surface area contributed by atoms with Crippen molar-refractivity contribution in [3.63, 3.8) is 0 Å². The lowest BCUT2D eigenvalue weighted by Crippen LogP contribution is -2.29. The van der Waals surface area contributed by atoms with Crippen molar-refractivity contribution in [2.45, 2.75) is 24.3 Å². The van der Waals surface area contributed by atoms with Gasteiger partial charge < -0.3 is 20.4 Å². The van der Waals surface area contributed by atoms with Gasteiger partial charge in [-0.25, -0.2) is 13.2 Å². The Morgan fingerprint density at radius 3 is 2.34 bits per heavy atom. The fourth-order valence-corrected chi connectivity index (χ4v) is 6.13. The van der Waals surface area contributed by atoms with Gasteiger partial charge in [0.15, 0.2) is 0 Å². The molecule has 9 nitrogen and oxygen atoms in total. The largest absolute Gasteiger partial charge is 0.467 e. The van der Waals surface area contributed by atoms with Crippen LogP contribution < -0.4 is 16.0 Å². The third-order valence-corrected chi connectivity index (χ3v) is 7.91. The number of benzene rings is 1. The van der Waals surface area contributed by atoms with Gasteiger partial charge in [0.2, 0.25) is 10.0 Å². The molecule has 0 bridgehead atoms. The van der Waals surface area contributed by atoms with Crippen LogP contribution in [0.2, 0.25) is 0 Å². The zero-order valence-electron chi connectivity index (χ0n) is 17.0. The van der Waals surface area contributed by atoms with E-state index in [0.717, 1.165) is 24.2 Å². The van der Waals surface area contributed by atoms with Crippen LogP contribution in [0.3, 0.4) is 0 Å². The first kappa shape index (κ1) is 22.1. The van der Waals surface area contributed by atoms with Gasteiger partial charge in [-0.1, -0.05) is 0 Å². The standard InChI is InChI=1S/C21H22N4O5S2/c26-20(19-18(9-13-31-19)32(28,29)25-10-1-2-11-25)23-15-5-7-16(8-6-15)24-21(27)22-14-17-4-3-12-30-17/h3-9,12-13H,1-2,10-11,14H2,(H,23,26)(H2,22,24,27). The number of rotatable bonds is 7. The molecule has 11 heteroatoms. The molecule has 0 unspecified atom stereocenters. The Hall–Kier alpha value is -3.15. The van der Waals surface area contributed by atoms with Gasteiger partial charge >= 0.3 is 6.03 Å². The highest BCUT2D eigenvalue weighted by Gasteiger charge is 2.31. The maximum atomic E-state index is 12.8. The van der Waals surface area contributed by atoms with Crippen LogP contribution in [-0.4, -0.2) is 37.8 Å². The molecule has 3 amide bonds. The minimum Gasteiger partial charge on any atom is -0.467 e. The van der Waals surface area contributed by atoms with E-state index < -0.39 is 22.0 Å². The summed E-state index contributed by atoms with van der Waals surface area (Å²) >= 11 is 1.09. The van der Waals surface area contributed by atoms with E-state index in [0.29, 0.717) is 30.2 Å². The molecule has 32 heavy (non-hydrogen) atoms. The zero-order valence-corrected chi connectivity index (χ0v) is 18.7. The molecular weight excluding hydrogens is 452 g/mol. The molecule has 1 saturated heterocycles. The third kappa shape index (κ3) is 5.01. The van der Waals surface area contributed by atoms with Crippen molar-refractivity contribution >= 4 is 44.7 Å². The van der Waals surface area contributed by atoms with Gasteiger partial charge in [-0.3, -0.25) is 4.79 Å². The van der Waals surface area contributed by atoms with Gasteiger partial charge in [0.1, 0.15) is 15.5 Å². The van der Waals surface area contributed by atoms with E-state index >= 15 is 0 Å². The molecule has 0 saturated carbocycles. The van der Waals surface area contributed by atoms with Gasteiger partial charge in [-0.2, -0.15) is 4.31 Å². The molecule has 0 spiro atoms. The number of hydrogen-bond acceptors (Lipinski definition) is 6. The van der Waals surface area contributed by atoms with Crippen molar-refractivity contribution in [3.8, 4) is 0 Å². The average molecular weight is 475 g/mol. The summed E-state index contributed by atoms with van der Waals surface area (Å²) in [6.45, 7) is 1.21. The fraction of sp³-hybridized carbons (Fsp3) is 0.238. The number of amides is 3. The van der Waals surface area contributed by atoms with E-state index in [1.54, 1.807) is 41.8 Å². The minimum atomic E-state index is -3.68. The van der Waals surface area contributed by atoms with Crippen molar-refractivity contribution in [1.82, 2.24) is 9.62 Å². The Morgan fingerprint density at radius 2 is 1.69 bits per heavy atom. The monoisotopic (exact) mass is 474 g/mol. The summed E-state index contributed by atoms with van der Waals surface area (Å²) in [5.41, 5.74) is 1.02. The van der Waals surface area contributed by atoms with E-state index in [-0.39, 0.29) is 16.3 Å². The Morgan fingerprint density at radius 1 is 1.00 bits per heavy atom. The molecule has 1 aromatic carbocycles. The van der Waals surface area contributed by atoms with Gasteiger partial charge in [0, 0.05) is 24.5 Å². The van der Waals surface area contributed by atoms with Crippen LogP contribution in [0.25, 0.3) is 0 Å². The second-order valence-electron chi connectivity index (χ2n) is 7.14. The lowest BCUT2D eigenvalue weighted by atomic mass is 10.2. The van der Waals surface area contributed by atoms with Crippen LogP contribution >= 0.6 is 11.3 Å². The van der Waals surface area contributed by atoms with Gasteiger partial charge in [0.25, 0.3) is 5.91 Å². The first-order valence-corrected chi connectivity index (χ1v) is 12.3. The van der Waals surface area contributed by atoms with E-state index in [1.165, 1.54) is 16.6 Å². The third-order valence-electron chi connectivity index (χ3n) is 4.92. The summed E-state index contributed by atoms with van der Waals surface area (Å²) in [4.78, 5) is 24.9. The van der Waals surface area contributed by atoms with Crippen LogP contribution in [-0.2, 0) is 16.6 Å². The summed E-state index contributed by atoms with van der Waals surface area (Å²) in [6, 6.07) is 11.1. The Kier molecular flexibility index (Phi) is 6.58. The van der Waals surface area contributed by atoms with Crippen LogP contribution in [0.1, 0.15) is 28.3 Å². The lowest BCUT2D eigenvalue weighted by Gasteiger charge is -2.15. The molecule has 0 aliphatic carbocycles. The zero-order chi connectivity index (χ0) is 22.6. The second kappa shape index (κ2) is 9.55. The normalized spacial score (nSPS) is 14.2. The highest BCUT2D eigenvalue weighted by molar-refractivity contribution is 7.89.